The van der Waals surface area contributed by atoms with Crippen molar-refractivity contribution in [2.24, 2.45) is 5.41 Å². The van der Waals surface area contributed by atoms with Gasteiger partial charge in [0.15, 0.2) is 0 Å². The van der Waals surface area contributed by atoms with Gasteiger partial charge in [0.25, 0.3) is 0 Å². The number of carbonyl (C=O) groups excluding carboxylic acids is 1. The Morgan fingerprint density at radius 3 is 2.35 bits per heavy atom. The zero-order chi connectivity index (χ0) is 17.1. The Labute approximate surface area is 137 Å². The molecule has 2 rings (SSSR count). The summed E-state index contributed by atoms with van der Waals surface area (Å²) in [6, 6.07) is 9.36. The van der Waals surface area contributed by atoms with Crippen LogP contribution in [0, 0.1) is 5.41 Å². The number of benzene rings is 1. The fourth-order valence-electron chi connectivity index (χ4n) is 3.63. The van der Waals surface area contributed by atoms with Crippen molar-refractivity contribution in [3.05, 3.63) is 35.9 Å². The third-order valence-corrected chi connectivity index (χ3v) is 5.12. The fourth-order valence-corrected chi connectivity index (χ4v) is 3.63. The van der Waals surface area contributed by atoms with Gasteiger partial charge < -0.3 is 9.84 Å². The van der Waals surface area contributed by atoms with E-state index in [9.17, 15) is 14.7 Å². The Morgan fingerprint density at radius 2 is 1.78 bits per heavy atom. The van der Waals surface area contributed by atoms with Crippen molar-refractivity contribution >= 4 is 12.1 Å². The molecule has 0 radical (unpaired) electrons. The van der Waals surface area contributed by atoms with E-state index in [0.29, 0.717) is 6.42 Å². The highest BCUT2D eigenvalue weighted by atomic mass is 16.6. The van der Waals surface area contributed by atoms with Gasteiger partial charge in [-0.2, -0.15) is 0 Å². The highest BCUT2D eigenvalue weighted by Gasteiger charge is 2.57. The number of nitrogens with zero attached hydrogens (tertiary/aromatic N) is 1. The van der Waals surface area contributed by atoms with Crippen molar-refractivity contribution in [1.82, 2.24) is 4.90 Å². The number of aliphatic carboxylic acids is 1. The average Bonchev–Trinajstić information content (AvgIpc) is 2.52. The van der Waals surface area contributed by atoms with Crippen molar-refractivity contribution in [2.75, 3.05) is 7.05 Å². The molecule has 1 atom stereocenters. The van der Waals surface area contributed by atoms with E-state index in [-0.39, 0.29) is 6.61 Å². The molecule has 1 aromatic rings. The number of carboxylic acids is 1. The largest absolute Gasteiger partial charge is 0.479 e. The molecule has 1 aliphatic rings. The summed E-state index contributed by atoms with van der Waals surface area (Å²) in [6.07, 6.45) is 2.41. The number of hydrogen-bond donors (Lipinski definition) is 1. The molecule has 5 nitrogen and oxygen atoms in total. The van der Waals surface area contributed by atoms with Crippen LogP contribution in [0.3, 0.4) is 0 Å². The predicted octanol–water partition coefficient (Wildman–Crippen LogP) is 3.68. The van der Waals surface area contributed by atoms with Crippen molar-refractivity contribution in [1.29, 1.82) is 0 Å². The quantitative estimate of drug-likeness (QED) is 0.919. The molecule has 0 aliphatic heterocycles. The van der Waals surface area contributed by atoms with Crippen LogP contribution in [0.1, 0.15) is 45.1 Å². The van der Waals surface area contributed by atoms with Crippen LogP contribution in [0.5, 0.6) is 0 Å². The lowest BCUT2D eigenvalue weighted by Crippen LogP contribution is -2.64. The van der Waals surface area contributed by atoms with Crippen LogP contribution in [-0.4, -0.2) is 34.7 Å². The van der Waals surface area contributed by atoms with Gasteiger partial charge in [-0.25, -0.2) is 9.59 Å². The first-order chi connectivity index (χ1) is 10.8. The van der Waals surface area contributed by atoms with E-state index in [1.54, 1.807) is 0 Å². The van der Waals surface area contributed by atoms with E-state index >= 15 is 0 Å². The molecular formula is C18H25NO4. The molecular weight excluding hydrogens is 294 g/mol. The minimum Gasteiger partial charge on any atom is -0.479 e. The highest BCUT2D eigenvalue weighted by molar-refractivity contribution is 5.85. The van der Waals surface area contributed by atoms with Crippen molar-refractivity contribution in [2.45, 2.75) is 51.7 Å². The molecule has 1 aromatic carbocycles. The molecule has 0 heterocycles. The zero-order valence-corrected chi connectivity index (χ0v) is 14.0. The molecule has 0 saturated heterocycles. The van der Waals surface area contributed by atoms with E-state index in [0.717, 1.165) is 24.8 Å². The summed E-state index contributed by atoms with van der Waals surface area (Å²) in [7, 11) is 1.54. The maximum absolute atomic E-state index is 12.5. The van der Waals surface area contributed by atoms with Gasteiger partial charge in [-0.15, -0.1) is 0 Å². The molecule has 23 heavy (non-hydrogen) atoms. The number of hydrogen-bond acceptors (Lipinski definition) is 3. The van der Waals surface area contributed by atoms with Crippen molar-refractivity contribution < 1.29 is 19.4 Å². The summed E-state index contributed by atoms with van der Waals surface area (Å²) in [6.45, 7) is 3.97. The normalized spacial score (nSPS) is 23.1. The molecule has 1 aliphatic carbocycles. The molecule has 1 N–H and O–H groups in total. The topological polar surface area (TPSA) is 66.8 Å². The number of likely N-dealkylation sites (N-methyl/N-ethyl adjacent to an activating group) is 1. The summed E-state index contributed by atoms with van der Waals surface area (Å²) in [5.41, 5.74) is -0.849. The van der Waals surface area contributed by atoms with E-state index in [1.165, 1.54) is 11.9 Å². The first-order valence-corrected chi connectivity index (χ1v) is 7.99. The van der Waals surface area contributed by atoms with Crippen LogP contribution < -0.4 is 0 Å². The Morgan fingerprint density at radius 1 is 1.17 bits per heavy atom. The predicted molar refractivity (Wildman–Crippen MR) is 87.0 cm³/mol. The second-order valence-corrected chi connectivity index (χ2v) is 6.86. The lowest BCUT2D eigenvalue weighted by atomic mass is 9.62. The lowest BCUT2D eigenvalue weighted by molar-refractivity contribution is -0.162. The first-order valence-electron chi connectivity index (χ1n) is 7.99. The lowest BCUT2D eigenvalue weighted by Gasteiger charge is -2.51. The Bertz CT molecular complexity index is 570. The third kappa shape index (κ3) is 3.19. The fraction of sp³-hybridized carbons (Fsp3) is 0.556. The van der Waals surface area contributed by atoms with Crippen LogP contribution >= 0.6 is 0 Å². The summed E-state index contributed by atoms with van der Waals surface area (Å²) in [5.74, 6) is -0.957. The Balaban J connectivity index is 2.16. The van der Waals surface area contributed by atoms with E-state index in [4.69, 9.17) is 4.74 Å². The van der Waals surface area contributed by atoms with Crippen LogP contribution in [0.2, 0.25) is 0 Å². The number of amides is 1. The van der Waals surface area contributed by atoms with E-state index < -0.39 is 23.0 Å². The van der Waals surface area contributed by atoms with Gasteiger partial charge in [0, 0.05) is 7.05 Å². The van der Waals surface area contributed by atoms with Gasteiger partial charge in [-0.05, 0) is 23.8 Å². The number of ether oxygens (including phenoxy) is 1. The van der Waals surface area contributed by atoms with Gasteiger partial charge in [-0.3, -0.25) is 4.90 Å². The summed E-state index contributed by atoms with van der Waals surface area (Å²) in [5, 5.41) is 9.88. The second kappa shape index (κ2) is 6.60. The summed E-state index contributed by atoms with van der Waals surface area (Å²) < 4.78 is 5.34. The zero-order valence-electron chi connectivity index (χ0n) is 14.0. The van der Waals surface area contributed by atoms with Crippen LogP contribution in [0.25, 0.3) is 0 Å². The van der Waals surface area contributed by atoms with E-state index in [1.807, 2.05) is 44.2 Å². The Kier molecular flexibility index (Phi) is 4.97. The standard InChI is InChI=1S/C18H25NO4/c1-17(2)11-7-8-12-18(17,15(20)21)19(3)16(22)23-13-14-9-5-4-6-10-14/h4-6,9-10H,7-8,11-13H2,1-3H3,(H,20,21). The maximum atomic E-state index is 12.5. The van der Waals surface area contributed by atoms with Gasteiger partial charge in [0.2, 0.25) is 0 Å². The second-order valence-electron chi connectivity index (χ2n) is 6.86. The third-order valence-electron chi connectivity index (χ3n) is 5.12. The SMILES string of the molecule is CN(C(=O)OCc1ccccc1)C1(C(=O)O)CCCCC1(C)C. The number of carboxylic acid groups (broad SMARTS) is 1. The van der Waals surface area contributed by atoms with E-state index in [2.05, 4.69) is 0 Å². The summed E-state index contributed by atoms with van der Waals surface area (Å²) >= 11 is 0. The van der Waals surface area contributed by atoms with Crippen LogP contribution in [0.15, 0.2) is 30.3 Å². The van der Waals surface area contributed by atoms with Gasteiger partial charge >= 0.3 is 12.1 Å². The average molecular weight is 319 g/mol. The van der Waals surface area contributed by atoms with Gasteiger partial charge in [0.05, 0.1) is 0 Å². The molecule has 0 bridgehead atoms. The van der Waals surface area contributed by atoms with Crippen LogP contribution in [-0.2, 0) is 16.1 Å². The van der Waals surface area contributed by atoms with Crippen molar-refractivity contribution in [3.8, 4) is 0 Å². The molecule has 126 valence electrons. The monoisotopic (exact) mass is 319 g/mol. The minimum absolute atomic E-state index is 0.139. The molecule has 1 fully saturated rings. The summed E-state index contributed by atoms with van der Waals surface area (Å²) in [4.78, 5) is 25.8. The minimum atomic E-state index is -1.22. The molecule has 0 spiro atoms. The van der Waals surface area contributed by atoms with Gasteiger partial charge in [-0.1, -0.05) is 57.0 Å². The molecule has 5 heteroatoms. The smallest absolute Gasteiger partial charge is 0.410 e. The van der Waals surface area contributed by atoms with Crippen molar-refractivity contribution in [3.63, 3.8) is 0 Å². The molecule has 1 saturated carbocycles. The Hall–Kier alpha value is -2.04. The number of rotatable bonds is 4. The maximum Gasteiger partial charge on any atom is 0.410 e. The first kappa shape index (κ1) is 17.3. The number of carbonyl (C=O) groups is 2. The molecule has 1 amide bonds. The highest BCUT2D eigenvalue weighted by Crippen LogP contribution is 2.47. The van der Waals surface area contributed by atoms with Gasteiger partial charge in [0.1, 0.15) is 12.1 Å². The molecule has 0 aromatic heterocycles. The van der Waals surface area contributed by atoms with Crippen LogP contribution in [0.4, 0.5) is 4.79 Å². The molecule has 1 unspecified atom stereocenters.